The average molecular weight is 239 g/mol. The molecule has 0 amide bonds. The van der Waals surface area contributed by atoms with Gasteiger partial charge < -0.3 is 4.74 Å². The number of hydrogen-bond acceptors (Lipinski definition) is 2. The van der Waals surface area contributed by atoms with E-state index in [0.29, 0.717) is 6.54 Å². The lowest BCUT2D eigenvalue weighted by Crippen LogP contribution is -2.25. The lowest BCUT2D eigenvalue weighted by Gasteiger charge is -2.15. The zero-order valence-corrected chi connectivity index (χ0v) is 9.75. The molecule has 2 nitrogen and oxygen atoms in total. The summed E-state index contributed by atoms with van der Waals surface area (Å²) in [5, 5.41) is 0. The van der Waals surface area contributed by atoms with Gasteiger partial charge in [0.05, 0.1) is 13.7 Å². The van der Waals surface area contributed by atoms with Gasteiger partial charge in [-0.2, -0.15) is 0 Å². The SMILES string of the molecule is C=C1CN(Cc2ccc(OC)cc2)CC1(F)F. The molecule has 92 valence electrons. The molecular weight excluding hydrogens is 224 g/mol. The van der Waals surface area contributed by atoms with Gasteiger partial charge in [0.1, 0.15) is 5.75 Å². The maximum atomic E-state index is 13.2. The fourth-order valence-corrected chi connectivity index (χ4v) is 1.94. The fraction of sp³-hybridized carbons (Fsp3) is 0.385. The predicted molar refractivity (Wildman–Crippen MR) is 62.4 cm³/mol. The summed E-state index contributed by atoms with van der Waals surface area (Å²) in [4.78, 5) is 1.70. The second kappa shape index (κ2) is 4.45. The molecule has 0 radical (unpaired) electrons. The van der Waals surface area contributed by atoms with Crippen molar-refractivity contribution in [2.75, 3.05) is 20.2 Å². The lowest BCUT2D eigenvalue weighted by atomic mass is 10.2. The first-order chi connectivity index (χ1) is 8.01. The van der Waals surface area contributed by atoms with Crippen molar-refractivity contribution in [3.8, 4) is 5.75 Å². The minimum Gasteiger partial charge on any atom is -0.497 e. The minimum absolute atomic E-state index is 0.00557. The van der Waals surface area contributed by atoms with E-state index in [9.17, 15) is 8.78 Å². The Morgan fingerprint density at radius 1 is 1.35 bits per heavy atom. The molecule has 0 unspecified atom stereocenters. The van der Waals surface area contributed by atoms with Gasteiger partial charge in [-0.05, 0) is 17.7 Å². The van der Waals surface area contributed by atoms with Crippen LogP contribution in [0.5, 0.6) is 5.75 Å². The van der Waals surface area contributed by atoms with E-state index in [1.807, 2.05) is 24.3 Å². The molecule has 2 rings (SSSR count). The van der Waals surface area contributed by atoms with E-state index in [0.717, 1.165) is 11.3 Å². The molecule has 1 aromatic carbocycles. The van der Waals surface area contributed by atoms with Crippen LogP contribution in [0.15, 0.2) is 36.4 Å². The van der Waals surface area contributed by atoms with Crippen LogP contribution in [0.4, 0.5) is 8.78 Å². The zero-order chi connectivity index (χ0) is 12.5. The van der Waals surface area contributed by atoms with Crippen LogP contribution in [0.2, 0.25) is 0 Å². The van der Waals surface area contributed by atoms with Crippen molar-refractivity contribution in [3.05, 3.63) is 42.0 Å². The number of benzene rings is 1. The Bertz CT molecular complexity index is 414. The second-order valence-electron chi connectivity index (χ2n) is 4.30. The van der Waals surface area contributed by atoms with Gasteiger partial charge in [0.15, 0.2) is 0 Å². The van der Waals surface area contributed by atoms with Crippen molar-refractivity contribution >= 4 is 0 Å². The van der Waals surface area contributed by atoms with Crippen LogP contribution in [-0.2, 0) is 6.54 Å². The largest absolute Gasteiger partial charge is 0.497 e. The Morgan fingerprint density at radius 3 is 2.47 bits per heavy atom. The maximum Gasteiger partial charge on any atom is 0.282 e. The molecule has 1 saturated heterocycles. The van der Waals surface area contributed by atoms with Crippen LogP contribution in [0.3, 0.4) is 0 Å². The number of alkyl halides is 2. The topological polar surface area (TPSA) is 12.5 Å². The van der Waals surface area contributed by atoms with Gasteiger partial charge in [-0.15, -0.1) is 0 Å². The quantitative estimate of drug-likeness (QED) is 0.752. The van der Waals surface area contributed by atoms with Crippen LogP contribution < -0.4 is 4.74 Å². The number of ether oxygens (including phenoxy) is 1. The van der Waals surface area contributed by atoms with Gasteiger partial charge >= 0.3 is 0 Å². The number of methoxy groups -OCH3 is 1. The summed E-state index contributed by atoms with van der Waals surface area (Å²) in [7, 11) is 1.60. The summed E-state index contributed by atoms with van der Waals surface area (Å²) in [6, 6.07) is 7.44. The molecule has 0 aliphatic carbocycles. The van der Waals surface area contributed by atoms with E-state index < -0.39 is 5.92 Å². The first-order valence-electron chi connectivity index (χ1n) is 5.42. The van der Waals surface area contributed by atoms with Crippen molar-refractivity contribution in [2.24, 2.45) is 0 Å². The summed E-state index contributed by atoms with van der Waals surface area (Å²) >= 11 is 0. The highest BCUT2D eigenvalue weighted by Gasteiger charge is 2.41. The van der Waals surface area contributed by atoms with Gasteiger partial charge in [0.25, 0.3) is 5.92 Å². The molecule has 1 aromatic rings. The molecule has 0 saturated carbocycles. The van der Waals surface area contributed by atoms with Crippen LogP contribution in [0.1, 0.15) is 5.56 Å². The maximum absolute atomic E-state index is 13.2. The van der Waals surface area contributed by atoms with Crippen LogP contribution >= 0.6 is 0 Å². The number of hydrogen-bond donors (Lipinski definition) is 0. The number of likely N-dealkylation sites (tertiary alicyclic amines) is 1. The second-order valence-corrected chi connectivity index (χ2v) is 4.30. The Balaban J connectivity index is 2.00. The van der Waals surface area contributed by atoms with Crippen molar-refractivity contribution < 1.29 is 13.5 Å². The van der Waals surface area contributed by atoms with Gasteiger partial charge in [0.2, 0.25) is 0 Å². The van der Waals surface area contributed by atoms with E-state index in [1.165, 1.54) is 0 Å². The van der Waals surface area contributed by atoms with E-state index >= 15 is 0 Å². The van der Waals surface area contributed by atoms with Crippen molar-refractivity contribution in [2.45, 2.75) is 12.5 Å². The summed E-state index contributed by atoms with van der Waals surface area (Å²) in [5.41, 5.74) is 1.00. The molecule has 1 aliphatic heterocycles. The summed E-state index contributed by atoms with van der Waals surface area (Å²) in [6.07, 6.45) is 0. The normalized spacial score (nSPS) is 19.6. The highest BCUT2D eigenvalue weighted by atomic mass is 19.3. The molecule has 17 heavy (non-hydrogen) atoms. The fourth-order valence-electron chi connectivity index (χ4n) is 1.94. The Labute approximate surface area is 99.5 Å². The smallest absolute Gasteiger partial charge is 0.282 e. The highest BCUT2D eigenvalue weighted by Crippen LogP contribution is 2.31. The van der Waals surface area contributed by atoms with Crippen molar-refractivity contribution in [1.29, 1.82) is 0 Å². The molecule has 0 atom stereocenters. The van der Waals surface area contributed by atoms with Crippen LogP contribution in [-0.4, -0.2) is 31.0 Å². The third-order valence-corrected chi connectivity index (χ3v) is 2.92. The summed E-state index contributed by atoms with van der Waals surface area (Å²) < 4.78 is 31.5. The summed E-state index contributed by atoms with van der Waals surface area (Å²) in [5.74, 6) is -1.98. The van der Waals surface area contributed by atoms with Crippen LogP contribution in [0.25, 0.3) is 0 Å². The number of nitrogens with zero attached hydrogens (tertiary/aromatic N) is 1. The molecule has 1 heterocycles. The third-order valence-electron chi connectivity index (χ3n) is 2.92. The average Bonchev–Trinajstić information content (AvgIpc) is 2.53. The molecule has 0 N–H and O–H groups in total. The molecule has 0 bridgehead atoms. The Hall–Kier alpha value is -1.42. The molecule has 0 aromatic heterocycles. The molecule has 4 heteroatoms. The van der Waals surface area contributed by atoms with E-state index in [4.69, 9.17) is 4.74 Å². The Morgan fingerprint density at radius 2 is 2.00 bits per heavy atom. The molecule has 0 spiro atoms. The molecule has 1 fully saturated rings. The number of halogens is 2. The first-order valence-corrected chi connectivity index (χ1v) is 5.42. The monoisotopic (exact) mass is 239 g/mol. The zero-order valence-electron chi connectivity index (χ0n) is 9.75. The first kappa shape index (κ1) is 12.0. The lowest BCUT2D eigenvalue weighted by molar-refractivity contribution is 0.0421. The summed E-state index contributed by atoms with van der Waals surface area (Å²) in [6.45, 7) is 3.95. The van der Waals surface area contributed by atoms with Gasteiger partial charge in [-0.3, -0.25) is 4.90 Å². The van der Waals surface area contributed by atoms with E-state index in [1.54, 1.807) is 12.0 Å². The minimum atomic E-state index is -2.74. The number of rotatable bonds is 3. The van der Waals surface area contributed by atoms with Crippen LogP contribution in [0, 0.1) is 0 Å². The van der Waals surface area contributed by atoms with Gasteiger partial charge in [-0.25, -0.2) is 8.78 Å². The van der Waals surface area contributed by atoms with Crippen molar-refractivity contribution in [3.63, 3.8) is 0 Å². The van der Waals surface area contributed by atoms with E-state index in [-0.39, 0.29) is 18.7 Å². The van der Waals surface area contributed by atoms with Gasteiger partial charge in [-0.1, -0.05) is 18.7 Å². The highest BCUT2D eigenvalue weighted by molar-refractivity contribution is 5.27. The third kappa shape index (κ3) is 2.64. The molecular formula is C13H15F2NO. The molecule has 1 aliphatic rings. The van der Waals surface area contributed by atoms with E-state index in [2.05, 4.69) is 6.58 Å². The Kier molecular flexibility index (Phi) is 3.15. The predicted octanol–water partition coefficient (Wildman–Crippen LogP) is 2.70. The van der Waals surface area contributed by atoms with Crippen molar-refractivity contribution in [1.82, 2.24) is 4.90 Å². The standard InChI is InChI=1S/C13H15F2NO/c1-10-7-16(9-13(10,14)15)8-11-3-5-12(17-2)6-4-11/h3-6H,1,7-9H2,2H3. The van der Waals surface area contributed by atoms with Gasteiger partial charge in [0, 0.05) is 18.7 Å².